The Labute approximate surface area is 199 Å². The second kappa shape index (κ2) is 12.4. The Morgan fingerprint density at radius 3 is 1.06 bits per heavy atom. The molecular formula is C30H50N2. The summed E-state index contributed by atoms with van der Waals surface area (Å²) in [7, 11) is 0. The van der Waals surface area contributed by atoms with Crippen molar-refractivity contribution in [1.82, 2.24) is 0 Å². The molecule has 3 aliphatic rings. The fourth-order valence-electron chi connectivity index (χ4n) is 7.44. The molecule has 0 spiro atoms. The van der Waals surface area contributed by atoms with Gasteiger partial charge in [0.1, 0.15) is 0 Å². The summed E-state index contributed by atoms with van der Waals surface area (Å²) in [5.41, 5.74) is -0.280. The van der Waals surface area contributed by atoms with Crippen molar-refractivity contribution >= 4 is 0 Å². The molecule has 32 heavy (non-hydrogen) atoms. The lowest BCUT2D eigenvalue weighted by Crippen LogP contribution is -2.34. The van der Waals surface area contributed by atoms with E-state index in [0.717, 1.165) is 62.2 Å². The van der Waals surface area contributed by atoms with Gasteiger partial charge in [0.05, 0.1) is 23.0 Å². The van der Waals surface area contributed by atoms with E-state index in [4.69, 9.17) is 0 Å². The monoisotopic (exact) mass is 438 g/mol. The summed E-state index contributed by atoms with van der Waals surface area (Å²) in [5, 5.41) is 20.2. The molecule has 0 aromatic carbocycles. The van der Waals surface area contributed by atoms with Crippen LogP contribution in [0.3, 0.4) is 0 Å². The first-order chi connectivity index (χ1) is 15.6. The van der Waals surface area contributed by atoms with Gasteiger partial charge in [-0.05, 0) is 75.0 Å². The van der Waals surface area contributed by atoms with Gasteiger partial charge in [-0.25, -0.2) is 0 Å². The number of hydrogen-bond donors (Lipinski definition) is 0. The van der Waals surface area contributed by atoms with Crippen LogP contribution in [0.15, 0.2) is 0 Å². The number of nitrogens with zero attached hydrogens (tertiary/aromatic N) is 2. The number of hydrogen-bond acceptors (Lipinski definition) is 2. The van der Waals surface area contributed by atoms with Gasteiger partial charge in [0, 0.05) is 0 Å². The lowest BCUT2D eigenvalue weighted by molar-refractivity contribution is 0.119. The topological polar surface area (TPSA) is 47.6 Å². The molecule has 0 bridgehead atoms. The zero-order chi connectivity index (χ0) is 22.9. The first kappa shape index (κ1) is 25.6. The Morgan fingerprint density at radius 2 is 0.812 bits per heavy atom. The Morgan fingerprint density at radius 1 is 0.531 bits per heavy atom. The summed E-state index contributed by atoms with van der Waals surface area (Å²) >= 11 is 0. The molecule has 2 nitrogen and oxygen atoms in total. The highest BCUT2D eigenvalue weighted by Gasteiger charge is 2.43. The van der Waals surface area contributed by atoms with Crippen LogP contribution in [-0.2, 0) is 0 Å². The van der Waals surface area contributed by atoms with Crippen LogP contribution in [-0.4, -0.2) is 0 Å². The van der Waals surface area contributed by atoms with Crippen molar-refractivity contribution in [3.05, 3.63) is 0 Å². The first-order valence-corrected chi connectivity index (χ1v) is 14.4. The second-order valence-electron chi connectivity index (χ2n) is 12.2. The molecular weight excluding hydrogens is 388 g/mol. The molecule has 0 N–H and O–H groups in total. The van der Waals surface area contributed by atoms with Gasteiger partial charge in [-0.3, -0.25) is 0 Å². The Hall–Kier alpha value is -1.02. The molecule has 180 valence electrons. The number of nitriles is 2. The third-order valence-corrected chi connectivity index (χ3v) is 10.0. The lowest BCUT2D eigenvalue weighted by atomic mass is 9.60. The van der Waals surface area contributed by atoms with Crippen molar-refractivity contribution in [3.8, 4) is 12.1 Å². The van der Waals surface area contributed by atoms with E-state index in [1.807, 2.05) is 0 Å². The smallest absolute Gasteiger partial charge is 0.0689 e. The molecule has 3 aliphatic carbocycles. The van der Waals surface area contributed by atoms with Crippen LogP contribution < -0.4 is 0 Å². The molecule has 0 aliphatic heterocycles. The summed E-state index contributed by atoms with van der Waals surface area (Å²) in [6, 6.07) is 5.52. The molecule has 3 saturated carbocycles. The molecule has 3 rings (SSSR count). The third kappa shape index (κ3) is 6.99. The molecule has 0 atom stereocenters. The maximum absolute atomic E-state index is 10.1. The summed E-state index contributed by atoms with van der Waals surface area (Å²) in [5.74, 6) is 3.63. The molecule has 0 saturated heterocycles. The van der Waals surface area contributed by atoms with Gasteiger partial charge in [-0.15, -0.1) is 0 Å². The molecule has 0 aromatic rings. The van der Waals surface area contributed by atoms with Gasteiger partial charge in [-0.1, -0.05) is 90.9 Å². The zero-order valence-electron chi connectivity index (χ0n) is 21.3. The standard InChI is InChI=1S/C30H50N2/c1-3-5-25-7-11-27(12-8-25)15-17-29(23-31)19-21-30(24-32,22-20-29)18-16-28-13-9-26(6-4-2)10-14-28/h25-28H,3-22H2,1-2H3/t25-,26-,27-,28-,29-,30-. The minimum Gasteiger partial charge on any atom is -0.198 e. The highest BCUT2D eigenvalue weighted by Crippen LogP contribution is 2.51. The van der Waals surface area contributed by atoms with E-state index in [0.29, 0.717) is 0 Å². The molecule has 0 unspecified atom stereocenters. The van der Waals surface area contributed by atoms with Crippen LogP contribution >= 0.6 is 0 Å². The van der Waals surface area contributed by atoms with Gasteiger partial charge in [0.15, 0.2) is 0 Å². The van der Waals surface area contributed by atoms with Crippen molar-refractivity contribution in [2.45, 2.75) is 142 Å². The van der Waals surface area contributed by atoms with Gasteiger partial charge in [0.2, 0.25) is 0 Å². The lowest BCUT2D eigenvalue weighted by Gasteiger charge is -2.41. The molecule has 0 radical (unpaired) electrons. The Bertz CT molecular complexity index is 558. The van der Waals surface area contributed by atoms with Crippen LogP contribution in [0.25, 0.3) is 0 Å². The normalized spacial score (nSPS) is 38.0. The molecule has 0 aromatic heterocycles. The Balaban J connectivity index is 1.42. The highest BCUT2D eigenvalue weighted by atomic mass is 14.5. The van der Waals surface area contributed by atoms with E-state index in [1.54, 1.807) is 0 Å². The maximum Gasteiger partial charge on any atom is 0.0689 e. The summed E-state index contributed by atoms with van der Waals surface area (Å²) in [6.07, 6.45) is 25.2. The van der Waals surface area contributed by atoms with Crippen molar-refractivity contribution in [2.75, 3.05) is 0 Å². The number of rotatable bonds is 10. The fourth-order valence-corrected chi connectivity index (χ4v) is 7.44. The first-order valence-electron chi connectivity index (χ1n) is 14.4. The fraction of sp³-hybridized carbons (Fsp3) is 0.933. The van der Waals surface area contributed by atoms with Crippen molar-refractivity contribution < 1.29 is 0 Å². The minimum atomic E-state index is -0.140. The quantitative estimate of drug-likeness (QED) is 0.341. The van der Waals surface area contributed by atoms with Gasteiger partial charge >= 0.3 is 0 Å². The second-order valence-corrected chi connectivity index (χ2v) is 12.2. The van der Waals surface area contributed by atoms with E-state index in [-0.39, 0.29) is 10.8 Å². The van der Waals surface area contributed by atoms with Gasteiger partial charge in [-0.2, -0.15) is 10.5 Å². The summed E-state index contributed by atoms with van der Waals surface area (Å²) < 4.78 is 0. The molecule has 2 heteroatoms. The van der Waals surface area contributed by atoms with Crippen LogP contribution in [0.4, 0.5) is 0 Å². The van der Waals surface area contributed by atoms with Crippen molar-refractivity contribution in [3.63, 3.8) is 0 Å². The van der Waals surface area contributed by atoms with E-state index >= 15 is 0 Å². The van der Waals surface area contributed by atoms with Crippen molar-refractivity contribution in [2.24, 2.45) is 34.5 Å². The van der Waals surface area contributed by atoms with Gasteiger partial charge < -0.3 is 0 Å². The average Bonchev–Trinajstić information content (AvgIpc) is 2.84. The summed E-state index contributed by atoms with van der Waals surface area (Å²) in [6.45, 7) is 4.62. The Kier molecular flexibility index (Phi) is 9.96. The average molecular weight is 439 g/mol. The van der Waals surface area contributed by atoms with Gasteiger partial charge in [0.25, 0.3) is 0 Å². The van der Waals surface area contributed by atoms with Crippen LogP contribution in [0.2, 0.25) is 0 Å². The van der Waals surface area contributed by atoms with E-state index in [9.17, 15) is 10.5 Å². The molecule has 0 amide bonds. The SMILES string of the molecule is CCC[C@H]1CC[C@H](CC[C@]2(C#N)CC[C@@](C#N)(CC[C@H]3CC[C@H](CCC)CC3)CC2)CC1. The van der Waals surface area contributed by atoms with Crippen LogP contribution in [0.1, 0.15) is 142 Å². The minimum absolute atomic E-state index is 0.140. The predicted molar refractivity (Wildman–Crippen MR) is 134 cm³/mol. The van der Waals surface area contributed by atoms with Crippen LogP contribution in [0, 0.1) is 57.2 Å². The predicted octanol–water partition coefficient (Wildman–Crippen LogP) is 9.35. The largest absolute Gasteiger partial charge is 0.198 e. The van der Waals surface area contributed by atoms with Crippen molar-refractivity contribution in [1.29, 1.82) is 10.5 Å². The highest BCUT2D eigenvalue weighted by molar-refractivity contribution is 5.10. The summed E-state index contributed by atoms with van der Waals surface area (Å²) in [4.78, 5) is 0. The zero-order valence-corrected chi connectivity index (χ0v) is 21.3. The third-order valence-electron chi connectivity index (χ3n) is 10.0. The van der Waals surface area contributed by atoms with E-state index < -0.39 is 0 Å². The molecule has 0 heterocycles. The van der Waals surface area contributed by atoms with E-state index in [2.05, 4.69) is 26.0 Å². The van der Waals surface area contributed by atoms with E-state index in [1.165, 1.54) is 89.9 Å². The maximum atomic E-state index is 10.1. The van der Waals surface area contributed by atoms with Crippen LogP contribution in [0.5, 0.6) is 0 Å². The molecule has 3 fully saturated rings.